The van der Waals surface area contributed by atoms with Gasteiger partial charge in [-0.15, -0.1) is 5.10 Å². The third-order valence-electron chi connectivity index (χ3n) is 4.13. The maximum atomic E-state index is 11.3. The number of Topliss-reactive ketones (excluding diaryl/α,β-unsaturated/α-hetero) is 1. The molecule has 2 N–H and O–H groups in total. The molecule has 0 aliphatic heterocycles. The zero-order valence-electron chi connectivity index (χ0n) is 15.9. The first-order chi connectivity index (χ1) is 12.8. The van der Waals surface area contributed by atoms with Gasteiger partial charge in [-0.2, -0.15) is 10.1 Å². The molecule has 0 aliphatic carbocycles. The normalized spacial score (nSPS) is 11.1. The van der Waals surface area contributed by atoms with Crippen molar-refractivity contribution >= 4 is 28.9 Å². The molecular formula is C21H23N5O. The second kappa shape index (κ2) is 7.53. The van der Waals surface area contributed by atoms with Crippen LogP contribution < -0.4 is 10.6 Å². The smallest absolute Gasteiger partial charge is 0.249 e. The molecule has 3 rings (SSSR count). The summed E-state index contributed by atoms with van der Waals surface area (Å²) < 4.78 is 0. The predicted molar refractivity (Wildman–Crippen MR) is 108 cm³/mol. The van der Waals surface area contributed by atoms with Crippen molar-refractivity contribution in [2.24, 2.45) is 0 Å². The molecule has 6 heteroatoms. The van der Waals surface area contributed by atoms with Gasteiger partial charge in [0.25, 0.3) is 0 Å². The van der Waals surface area contributed by atoms with Crippen LogP contribution in [0.2, 0.25) is 0 Å². The third-order valence-corrected chi connectivity index (χ3v) is 4.13. The Balaban J connectivity index is 1.71. The number of aromatic nitrogens is 3. The lowest BCUT2D eigenvalue weighted by atomic mass is 9.87. The topological polar surface area (TPSA) is 79.8 Å². The summed E-state index contributed by atoms with van der Waals surface area (Å²) in [6, 6.07) is 15.4. The van der Waals surface area contributed by atoms with Crippen LogP contribution >= 0.6 is 0 Å². The lowest BCUT2D eigenvalue weighted by Gasteiger charge is -2.19. The first-order valence-electron chi connectivity index (χ1n) is 8.76. The highest BCUT2D eigenvalue weighted by molar-refractivity contribution is 5.94. The van der Waals surface area contributed by atoms with Crippen LogP contribution in [-0.2, 0) is 5.41 Å². The van der Waals surface area contributed by atoms with Crippen molar-refractivity contribution in [3.05, 3.63) is 65.9 Å². The van der Waals surface area contributed by atoms with Crippen LogP contribution in [0.3, 0.4) is 0 Å². The average molecular weight is 361 g/mol. The maximum absolute atomic E-state index is 11.3. The van der Waals surface area contributed by atoms with Gasteiger partial charge >= 0.3 is 0 Å². The van der Waals surface area contributed by atoms with Gasteiger partial charge in [-0.25, -0.2) is 0 Å². The number of nitrogens with one attached hydrogen (secondary N) is 2. The third kappa shape index (κ3) is 4.88. The number of hydrogen-bond acceptors (Lipinski definition) is 6. The molecule has 0 bridgehead atoms. The molecule has 2 aromatic carbocycles. The molecule has 0 radical (unpaired) electrons. The maximum Gasteiger partial charge on any atom is 0.249 e. The van der Waals surface area contributed by atoms with Gasteiger partial charge in [0.1, 0.15) is 0 Å². The van der Waals surface area contributed by atoms with Crippen molar-refractivity contribution in [3.8, 4) is 0 Å². The van der Waals surface area contributed by atoms with Crippen LogP contribution in [0.25, 0.3) is 0 Å². The Hall–Kier alpha value is -3.28. The van der Waals surface area contributed by atoms with Crippen molar-refractivity contribution in [3.63, 3.8) is 0 Å². The molecule has 0 spiro atoms. The zero-order valence-corrected chi connectivity index (χ0v) is 15.9. The molecular weight excluding hydrogens is 338 g/mol. The molecule has 27 heavy (non-hydrogen) atoms. The minimum atomic E-state index is 0.0363. The van der Waals surface area contributed by atoms with Crippen molar-refractivity contribution in [1.29, 1.82) is 0 Å². The van der Waals surface area contributed by atoms with E-state index < -0.39 is 0 Å². The molecule has 138 valence electrons. The number of benzene rings is 2. The van der Waals surface area contributed by atoms with Crippen LogP contribution in [0.5, 0.6) is 0 Å². The summed E-state index contributed by atoms with van der Waals surface area (Å²) in [5, 5.41) is 14.3. The number of rotatable bonds is 5. The number of anilines is 4. The molecule has 6 nitrogen and oxygen atoms in total. The number of hydrogen-bond donors (Lipinski definition) is 2. The summed E-state index contributed by atoms with van der Waals surface area (Å²) in [6.07, 6.45) is 1.55. The monoisotopic (exact) mass is 361 g/mol. The van der Waals surface area contributed by atoms with Gasteiger partial charge in [0, 0.05) is 16.9 Å². The molecule has 0 atom stereocenters. The van der Waals surface area contributed by atoms with Crippen molar-refractivity contribution < 1.29 is 4.79 Å². The highest BCUT2D eigenvalue weighted by Crippen LogP contribution is 2.24. The number of ketones is 1. The second-order valence-electron chi connectivity index (χ2n) is 7.38. The SMILES string of the molecule is CC(=O)c1ccc(Nc2cnnc(Nc3ccc(C(C)(C)C)cc3)n2)cc1. The molecule has 0 saturated heterocycles. The molecule has 1 heterocycles. The van der Waals surface area contributed by atoms with Crippen LogP contribution in [0.1, 0.15) is 43.6 Å². The first kappa shape index (κ1) is 18.5. The van der Waals surface area contributed by atoms with E-state index in [9.17, 15) is 4.79 Å². The van der Waals surface area contributed by atoms with E-state index in [1.807, 2.05) is 24.3 Å². The summed E-state index contributed by atoms with van der Waals surface area (Å²) in [5.41, 5.74) is 3.76. The fourth-order valence-corrected chi connectivity index (χ4v) is 2.54. The van der Waals surface area contributed by atoms with Gasteiger partial charge in [0.2, 0.25) is 5.95 Å². The lowest BCUT2D eigenvalue weighted by molar-refractivity contribution is 0.101. The molecule has 1 aromatic heterocycles. The molecule has 0 aliphatic rings. The number of carbonyl (C=O) groups excluding carboxylic acids is 1. The fourth-order valence-electron chi connectivity index (χ4n) is 2.54. The summed E-state index contributed by atoms with van der Waals surface area (Å²) in [6.45, 7) is 8.09. The first-order valence-corrected chi connectivity index (χ1v) is 8.76. The molecule has 0 fully saturated rings. The highest BCUT2D eigenvalue weighted by atomic mass is 16.1. The summed E-state index contributed by atoms with van der Waals surface area (Å²) in [4.78, 5) is 15.8. The van der Waals surface area contributed by atoms with Crippen LogP contribution in [0.15, 0.2) is 54.7 Å². The zero-order chi connectivity index (χ0) is 19.4. The van der Waals surface area contributed by atoms with E-state index in [1.165, 1.54) is 5.56 Å². The van der Waals surface area contributed by atoms with Gasteiger partial charge in [-0.1, -0.05) is 32.9 Å². The van der Waals surface area contributed by atoms with Gasteiger partial charge < -0.3 is 10.6 Å². The van der Waals surface area contributed by atoms with Crippen molar-refractivity contribution in [1.82, 2.24) is 15.2 Å². The Bertz CT molecular complexity index is 928. The Morgan fingerprint density at radius 2 is 1.48 bits per heavy atom. The van der Waals surface area contributed by atoms with E-state index in [2.05, 4.69) is 58.7 Å². The van der Waals surface area contributed by atoms with Crippen LogP contribution in [-0.4, -0.2) is 21.0 Å². The number of nitrogens with zero attached hydrogens (tertiary/aromatic N) is 3. The van der Waals surface area contributed by atoms with Crippen LogP contribution in [0.4, 0.5) is 23.1 Å². The van der Waals surface area contributed by atoms with Crippen molar-refractivity contribution in [2.45, 2.75) is 33.1 Å². The van der Waals surface area contributed by atoms with Gasteiger partial charge in [0.15, 0.2) is 11.6 Å². The van der Waals surface area contributed by atoms with Gasteiger partial charge in [-0.05, 0) is 54.3 Å². The molecule has 0 unspecified atom stereocenters. The minimum absolute atomic E-state index is 0.0363. The average Bonchev–Trinajstić information content (AvgIpc) is 2.62. The van der Waals surface area contributed by atoms with E-state index in [1.54, 1.807) is 25.3 Å². The standard InChI is InChI=1S/C21H23N5O/c1-14(27)15-5-9-17(10-6-15)23-19-13-22-26-20(25-19)24-18-11-7-16(8-12-18)21(2,3)4/h5-13H,1-4H3,(H2,23,24,25,26). The Kier molecular flexibility index (Phi) is 5.16. The Labute approximate surface area is 159 Å². The summed E-state index contributed by atoms with van der Waals surface area (Å²) in [7, 11) is 0. The van der Waals surface area contributed by atoms with E-state index in [4.69, 9.17) is 0 Å². The highest BCUT2D eigenvalue weighted by Gasteiger charge is 2.13. The number of carbonyl (C=O) groups is 1. The van der Waals surface area contributed by atoms with Gasteiger partial charge in [0.05, 0.1) is 6.20 Å². The van der Waals surface area contributed by atoms with E-state index in [0.29, 0.717) is 17.3 Å². The minimum Gasteiger partial charge on any atom is -0.339 e. The lowest BCUT2D eigenvalue weighted by Crippen LogP contribution is -2.10. The molecule has 0 saturated carbocycles. The Morgan fingerprint density at radius 1 is 0.889 bits per heavy atom. The van der Waals surface area contributed by atoms with Crippen molar-refractivity contribution in [2.75, 3.05) is 10.6 Å². The van der Waals surface area contributed by atoms with Gasteiger partial charge in [-0.3, -0.25) is 4.79 Å². The Morgan fingerprint density at radius 3 is 2.07 bits per heavy atom. The van der Waals surface area contributed by atoms with Crippen LogP contribution in [0, 0.1) is 0 Å². The molecule has 0 amide bonds. The summed E-state index contributed by atoms with van der Waals surface area (Å²) in [5.74, 6) is 1.01. The summed E-state index contributed by atoms with van der Waals surface area (Å²) >= 11 is 0. The predicted octanol–water partition coefficient (Wildman–Crippen LogP) is 4.86. The van der Waals surface area contributed by atoms with E-state index >= 15 is 0 Å². The fraction of sp³-hybridized carbons (Fsp3) is 0.238. The largest absolute Gasteiger partial charge is 0.339 e. The quantitative estimate of drug-likeness (QED) is 0.632. The molecule has 3 aromatic rings. The second-order valence-corrected chi connectivity index (χ2v) is 7.38. The van der Waals surface area contributed by atoms with E-state index in [-0.39, 0.29) is 11.2 Å². The van der Waals surface area contributed by atoms with E-state index in [0.717, 1.165) is 11.4 Å².